The highest BCUT2D eigenvalue weighted by Gasteiger charge is 2.24. The molecule has 0 aliphatic heterocycles. The number of aliphatic hydroxyl groups excluding tert-OH is 1. The van der Waals surface area contributed by atoms with Crippen LogP contribution in [0.2, 0.25) is 0 Å². The second-order valence-electron chi connectivity index (χ2n) is 9.69. The fraction of sp³-hybridized carbons (Fsp3) is 0.276. The van der Waals surface area contributed by atoms with E-state index in [-0.39, 0.29) is 18.6 Å². The van der Waals surface area contributed by atoms with Crippen molar-refractivity contribution in [2.75, 3.05) is 6.61 Å². The van der Waals surface area contributed by atoms with Gasteiger partial charge in [-0.25, -0.2) is 9.97 Å². The third-order valence-electron chi connectivity index (χ3n) is 6.64. The SMILES string of the molecule is Cc1nc2ccc(-c3cccn4c(C(=O)N[C@H](CO)CC(C)C)c(-c5ccccc5)nc34)cc2n1C. The number of hydrogen-bond acceptors (Lipinski definition) is 4. The zero-order chi connectivity index (χ0) is 25.4. The Labute approximate surface area is 210 Å². The molecule has 2 aromatic carbocycles. The molecule has 0 spiro atoms. The minimum atomic E-state index is -0.328. The Morgan fingerprint density at radius 1 is 1.03 bits per heavy atom. The normalized spacial score (nSPS) is 12.5. The van der Waals surface area contributed by atoms with E-state index in [1.54, 1.807) is 0 Å². The standard InChI is InChI=1S/C29H31N5O2/c1-18(2)15-22(17-35)31-29(36)27-26(20-9-6-5-7-10-20)32-28-23(11-8-14-34(27)28)21-12-13-24-25(16-21)33(4)19(3)30-24/h5-14,16,18,22,35H,15,17H2,1-4H3,(H,31,36)/t22-/m0/s1. The number of aryl methyl sites for hydroxylation is 2. The molecule has 0 aliphatic carbocycles. The van der Waals surface area contributed by atoms with Gasteiger partial charge in [0, 0.05) is 24.4 Å². The first kappa shape index (κ1) is 23.8. The zero-order valence-corrected chi connectivity index (χ0v) is 21.1. The summed E-state index contributed by atoms with van der Waals surface area (Å²) in [5.74, 6) is 1.04. The molecule has 1 atom stereocenters. The van der Waals surface area contributed by atoms with E-state index in [2.05, 4.69) is 34.8 Å². The van der Waals surface area contributed by atoms with Crippen molar-refractivity contribution in [1.29, 1.82) is 0 Å². The van der Waals surface area contributed by atoms with Crippen molar-refractivity contribution in [2.24, 2.45) is 13.0 Å². The predicted molar refractivity (Wildman–Crippen MR) is 143 cm³/mol. The van der Waals surface area contributed by atoms with Gasteiger partial charge in [0.25, 0.3) is 5.91 Å². The van der Waals surface area contributed by atoms with Gasteiger partial charge in [-0.3, -0.25) is 9.20 Å². The van der Waals surface area contributed by atoms with Crippen LogP contribution in [0.15, 0.2) is 66.9 Å². The first-order valence-corrected chi connectivity index (χ1v) is 12.3. The summed E-state index contributed by atoms with van der Waals surface area (Å²) < 4.78 is 3.93. The van der Waals surface area contributed by atoms with Crippen molar-refractivity contribution in [1.82, 2.24) is 24.3 Å². The highest BCUT2D eigenvalue weighted by Crippen LogP contribution is 2.32. The molecule has 0 radical (unpaired) electrons. The molecule has 0 aliphatic rings. The summed E-state index contributed by atoms with van der Waals surface area (Å²) in [6, 6.07) is 19.6. The Bertz CT molecular complexity index is 1550. The molecule has 0 unspecified atom stereocenters. The van der Waals surface area contributed by atoms with Gasteiger partial charge >= 0.3 is 0 Å². The molecule has 5 rings (SSSR count). The lowest BCUT2D eigenvalue weighted by Crippen LogP contribution is -2.39. The molecule has 0 saturated carbocycles. The number of benzene rings is 2. The van der Waals surface area contributed by atoms with Crippen LogP contribution in [0.3, 0.4) is 0 Å². The minimum Gasteiger partial charge on any atom is -0.394 e. The molecule has 184 valence electrons. The lowest BCUT2D eigenvalue weighted by atomic mass is 10.0. The van der Waals surface area contributed by atoms with Gasteiger partial charge in [0.05, 0.1) is 23.7 Å². The van der Waals surface area contributed by atoms with Crippen LogP contribution in [0, 0.1) is 12.8 Å². The number of carbonyl (C=O) groups is 1. The summed E-state index contributed by atoms with van der Waals surface area (Å²) in [4.78, 5) is 23.3. The zero-order valence-electron chi connectivity index (χ0n) is 21.1. The van der Waals surface area contributed by atoms with E-state index in [0.717, 1.165) is 33.5 Å². The summed E-state index contributed by atoms with van der Waals surface area (Å²) in [6.07, 6.45) is 2.56. The van der Waals surface area contributed by atoms with Crippen LogP contribution >= 0.6 is 0 Å². The van der Waals surface area contributed by atoms with Gasteiger partial charge in [-0.05, 0) is 49.1 Å². The lowest BCUT2D eigenvalue weighted by Gasteiger charge is -2.18. The van der Waals surface area contributed by atoms with Crippen LogP contribution in [0.5, 0.6) is 0 Å². The maximum Gasteiger partial charge on any atom is 0.270 e. The molecule has 5 aromatic rings. The van der Waals surface area contributed by atoms with Gasteiger partial charge in [-0.2, -0.15) is 0 Å². The quantitative estimate of drug-likeness (QED) is 0.343. The van der Waals surface area contributed by atoms with E-state index in [1.165, 1.54) is 0 Å². The number of amides is 1. The van der Waals surface area contributed by atoms with Gasteiger partial charge in [0.2, 0.25) is 0 Å². The maximum absolute atomic E-state index is 13.6. The molecule has 3 aromatic heterocycles. The second kappa shape index (κ2) is 9.59. The van der Waals surface area contributed by atoms with Crippen LogP contribution in [0.25, 0.3) is 39.1 Å². The van der Waals surface area contributed by atoms with E-state index in [9.17, 15) is 9.90 Å². The number of pyridine rings is 1. The number of aromatic nitrogens is 4. The number of hydrogen-bond donors (Lipinski definition) is 2. The molecule has 3 heterocycles. The first-order valence-electron chi connectivity index (χ1n) is 12.3. The highest BCUT2D eigenvalue weighted by atomic mass is 16.3. The van der Waals surface area contributed by atoms with E-state index < -0.39 is 0 Å². The third-order valence-corrected chi connectivity index (χ3v) is 6.64. The number of nitrogens with zero attached hydrogens (tertiary/aromatic N) is 4. The number of rotatable bonds is 7. The smallest absolute Gasteiger partial charge is 0.270 e. The first-order chi connectivity index (χ1) is 17.4. The monoisotopic (exact) mass is 481 g/mol. The number of imidazole rings is 2. The topological polar surface area (TPSA) is 84.5 Å². The van der Waals surface area contributed by atoms with Gasteiger partial charge in [0.1, 0.15) is 22.9 Å². The molecule has 36 heavy (non-hydrogen) atoms. The molecule has 0 saturated heterocycles. The Kier molecular flexibility index (Phi) is 6.33. The van der Waals surface area contributed by atoms with Crippen LogP contribution < -0.4 is 5.32 Å². The van der Waals surface area contributed by atoms with Gasteiger partial charge < -0.3 is 15.0 Å². The fourth-order valence-electron chi connectivity index (χ4n) is 4.79. The number of nitrogens with one attached hydrogen (secondary N) is 1. The molecular formula is C29H31N5O2. The van der Waals surface area contributed by atoms with E-state index in [1.807, 2.05) is 79.2 Å². The van der Waals surface area contributed by atoms with Crippen molar-refractivity contribution >= 4 is 22.6 Å². The van der Waals surface area contributed by atoms with Gasteiger partial charge in [0.15, 0.2) is 0 Å². The largest absolute Gasteiger partial charge is 0.394 e. The summed E-state index contributed by atoms with van der Waals surface area (Å²) >= 11 is 0. The fourth-order valence-corrected chi connectivity index (χ4v) is 4.79. The summed E-state index contributed by atoms with van der Waals surface area (Å²) in [5.41, 5.74) is 6.54. The van der Waals surface area contributed by atoms with Crippen LogP contribution in [-0.4, -0.2) is 42.6 Å². The van der Waals surface area contributed by atoms with Crippen molar-refractivity contribution in [2.45, 2.75) is 33.2 Å². The van der Waals surface area contributed by atoms with Crippen LogP contribution in [0.4, 0.5) is 0 Å². The lowest BCUT2D eigenvalue weighted by molar-refractivity contribution is 0.0903. The summed E-state index contributed by atoms with van der Waals surface area (Å²) in [5, 5.41) is 12.9. The molecular weight excluding hydrogens is 450 g/mol. The molecule has 0 bridgehead atoms. The number of fused-ring (bicyclic) bond motifs is 2. The van der Waals surface area contributed by atoms with Crippen LogP contribution in [0.1, 0.15) is 36.6 Å². The van der Waals surface area contributed by atoms with Crippen molar-refractivity contribution in [3.8, 4) is 22.4 Å². The maximum atomic E-state index is 13.6. The molecule has 7 heteroatoms. The van der Waals surface area contributed by atoms with E-state index in [0.29, 0.717) is 29.4 Å². The molecule has 1 amide bonds. The number of aliphatic hydroxyl groups is 1. The molecule has 0 fully saturated rings. The Balaban J connectivity index is 1.68. The van der Waals surface area contributed by atoms with E-state index >= 15 is 0 Å². The van der Waals surface area contributed by atoms with Crippen molar-refractivity contribution in [3.05, 3.63) is 78.4 Å². The Morgan fingerprint density at radius 3 is 2.53 bits per heavy atom. The average Bonchev–Trinajstić information content (AvgIpc) is 3.41. The second-order valence-corrected chi connectivity index (χ2v) is 9.69. The Morgan fingerprint density at radius 2 is 1.81 bits per heavy atom. The molecule has 7 nitrogen and oxygen atoms in total. The van der Waals surface area contributed by atoms with Crippen molar-refractivity contribution in [3.63, 3.8) is 0 Å². The summed E-state index contributed by atoms with van der Waals surface area (Å²) in [6.45, 7) is 6.03. The third kappa shape index (κ3) is 4.27. The van der Waals surface area contributed by atoms with Gasteiger partial charge in [-0.1, -0.05) is 50.2 Å². The minimum absolute atomic E-state index is 0.114. The van der Waals surface area contributed by atoms with Gasteiger partial charge in [-0.15, -0.1) is 0 Å². The van der Waals surface area contributed by atoms with Crippen molar-refractivity contribution < 1.29 is 9.90 Å². The van der Waals surface area contributed by atoms with Crippen LogP contribution in [-0.2, 0) is 7.05 Å². The predicted octanol–water partition coefficient (Wildman–Crippen LogP) is 5.00. The van der Waals surface area contributed by atoms with E-state index in [4.69, 9.17) is 4.98 Å². The average molecular weight is 482 g/mol. The molecule has 2 N–H and O–H groups in total. The Hall–Kier alpha value is -3.97. The number of carbonyl (C=O) groups excluding carboxylic acids is 1. The summed E-state index contributed by atoms with van der Waals surface area (Å²) in [7, 11) is 2.01. The highest BCUT2D eigenvalue weighted by molar-refractivity contribution is 6.01.